The molecule has 0 spiro atoms. The van der Waals surface area contributed by atoms with Crippen LogP contribution in [0.5, 0.6) is 0 Å². The third kappa shape index (κ3) is 5.05. The van der Waals surface area contributed by atoms with Crippen molar-refractivity contribution in [3.8, 4) is 11.3 Å². The zero-order valence-electron chi connectivity index (χ0n) is 11.9. The molecule has 0 saturated heterocycles. The number of pyridine rings is 1. The molecule has 3 aromatic rings. The zero-order valence-corrected chi connectivity index (χ0v) is 12.7. The number of halogens is 1. The largest absolute Gasteiger partial charge is 0.477 e. The number of benzene rings is 1. The van der Waals surface area contributed by atoms with Gasteiger partial charge in [-0.3, -0.25) is 4.98 Å². The number of nitrogen functional groups attached to an aromatic ring is 1. The molecule has 0 radical (unpaired) electrons. The summed E-state index contributed by atoms with van der Waals surface area (Å²) in [4.78, 5) is 22.1. The smallest absolute Gasteiger partial charge is 0.354 e. The van der Waals surface area contributed by atoms with Gasteiger partial charge in [0.05, 0.1) is 11.4 Å². The molecular formula is C16H13ClN4O2. The number of nitrogens with zero attached hydrogens (tertiary/aromatic N) is 3. The van der Waals surface area contributed by atoms with E-state index in [1.165, 1.54) is 12.4 Å². The molecule has 0 aliphatic rings. The van der Waals surface area contributed by atoms with Crippen molar-refractivity contribution < 1.29 is 9.90 Å². The first-order chi connectivity index (χ1) is 11.1. The molecule has 0 unspecified atom stereocenters. The molecule has 7 heteroatoms. The van der Waals surface area contributed by atoms with Crippen molar-refractivity contribution in [3.63, 3.8) is 0 Å². The van der Waals surface area contributed by atoms with Crippen LogP contribution in [0.2, 0.25) is 5.02 Å². The maximum atomic E-state index is 10.7. The molecule has 0 bridgehead atoms. The van der Waals surface area contributed by atoms with Crippen molar-refractivity contribution in [2.45, 2.75) is 0 Å². The van der Waals surface area contributed by atoms with Crippen molar-refractivity contribution in [3.05, 3.63) is 71.9 Å². The molecule has 1 aromatic carbocycles. The highest BCUT2D eigenvalue weighted by Gasteiger charge is 2.07. The highest BCUT2D eigenvalue weighted by Crippen LogP contribution is 2.19. The molecule has 3 N–H and O–H groups in total. The Morgan fingerprint density at radius 1 is 1.13 bits per heavy atom. The van der Waals surface area contributed by atoms with Gasteiger partial charge in [-0.1, -0.05) is 23.7 Å². The topological polar surface area (TPSA) is 102 Å². The number of rotatable bonds is 2. The lowest BCUT2D eigenvalue weighted by molar-refractivity contribution is 0.0690. The van der Waals surface area contributed by atoms with Crippen LogP contribution in [0.4, 0.5) is 5.69 Å². The van der Waals surface area contributed by atoms with E-state index >= 15 is 0 Å². The summed E-state index contributed by atoms with van der Waals surface area (Å²) in [5, 5.41) is 9.41. The first-order valence-corrected chi connectivity index (χ1v) is 6.91. The molecule has 0 amide bonds. The standard InChI is InChI=1S/C11H7ClN2O2.C5H6N2/c12-8-3-1-7(2-4-8)9-5-10(11(15)16)14-6-13-9;6-5-2-1-3-7-4-5/h1-6H,(H,15,16);1-4H,6H2. The van der Waals surface area contributed by atoms with Crippen LogP contribution in [-0.2, 0) is 0 Å². The summed E-state index contributed by atoms with van der Waals surface area (Å²) in [6.07, 6.45) is 4.53. The summed E-state index contributed by atoms with van der Waals surface area (Å²) in [5.41, 5.74) is 7.34. The van der Waals surface area contributed by atoms with Gasteiger partial charge in [-0.05, 0) is 30.3 Å². The van der Waals surface area contributed by atoms with Gasteiger partial charge in [-0.25, -0.2) is 14.8 Å². The van der Waals surface area contributed by atoms with E-state index in [2.05, 4.69) is 15.0 Å². The molecule has 0 atom stereocenters. The molecule has 0 aliphatic heterocycles. The van der Waals surface area contributed by atoms with Gasteiger partial charge in [0.15, 0.2) is 5.69 Å². The third-order valence-electron chi connectivity index (χ3n) is 2.71. The van der Waals surface area contributed by atoms with E-state index in [0.717, 1.165) is 5.56 Å². The van der Waals surface area contributed by atoms with E-state index in [4.69, 9.17) is 22.4 Å². The maximum Gasteiger partial charge on any atom is 0.354 e. The normalized spacial score (nSPS) is 9.61. The summed E-state index contributed by atoms with van der Waals surface area (Å²) in [5.74, 6) is -1.07. The SMILES string of the molecule is Nc1cccnc1.O=C(O)c1cc(-c2ccc(Cl)cc2)ncn1. The number of hydrogen-bond donors (Lipinski definition) is 2. The molecule has 2 aromatic heterocycles. The number of aromatic carboxylic acids is 1. The first-order valence-electron chi connectivity index (χ1n) is 6.53. The van der Waals surface area contributed by atoms with Crippen LogP contribution in [0.1, 0.15) is 10.5 Å². The molecule has 0 saturated carbocycles. The number of carboxylic acids is 1. The summed E-state index contributed by atoms with van der Waals surface area (Å²) >= 11 is 5.75. The van der Waals surface area contributed by atoms with Gasteiger partial charge in [0.25, 0.3) is 0 Å². The number of carboxylic acid groups (broad SMARTS) is 1. The lowest BCUT2D eigenvalue weighted by Crippen LogP contribution is -2.01. The van der Waals surface area contributed by atoms with E-state index in [1.807, 2.05) is 0 Å². The predicted octanol–water partition coefficient (Wildman–Crippen LogP) is 3.16. The Labute approximate surface area is 137 Å². The predicted molar refractivity (Wildman–Crippen MR) is 88.1 cm³/mol. The second-order valence-corrected chi connectivity index (χ2v) is 4.82. The Kier molecular flexibility index (Phi) is 5.60. The molecule has 0 aliphatic carbocycles. The summed E-state index contributed by atoms with van der Waals surface area (Å²) in [6, 6.07) is 12.0. The Bertz CT molecular complexity index is 780. The van der Waals surface area contributed by atoms with Gasteiger partial charge >= 0.3 is 5.97 Å². The van der Waals surface area contributed by atoms with Crippen LogP contribution in [-0.4, -0.2) is 26.0 Å². The van der Waals surface area contributed by atoms with Crippen LogP contribution in [0.3, 0.4) is 0 Å². The van der Waals surface area contributed by atoms with Gasteiger partial charge in [0.1, 0.15) is 6.33 Å². The highest BCUT2D eigenvalue weighted by molar-refractivity contribution is 6.30. The molecule has 116 valence electrons. The number of aromatic nitrogens is 3. The van der Waals surface area contributed by atoms with Crippen molar-refractivity contribution in [1.29, 1.82) is 0 Å². The zero-order chi connectivity index (χ0) is 16.7. The van der Waals surface area contributed by atoms with Gasteiger partial charge in [0.2, 0.25) is 0 Å². The number of hydrogen-bond acceptors (Lipinski definition) is 5. The minimum Gasteiger partial charge on any atom is -0.477 e. The molecule has 6 nitrogen and oxygen atoms in total. The first kappa shape index (κ1) is 16.4. The monoisotopic (exact) mass is 328 g/mol. The summed E-state index contributed by atoms with van der Waals surface area (Å²) in [6.45, 7) is 0. The van der Waals surface area contributed by atoms with Gasteiger partial charge in [-0.15, -0.1) is 0 Å². The summed E-state index contributed by atoms with van der Waals surface area (Å²) in [7, 11) is 0. The average Bonchev–Trinajstić information content (AvgIpc) is 2.57. The van der Waals surface area contributed by atoms with Crippen molar-refractivity contribution >= 4 is 23.3 Å². The fourth-order valence-electron chi connectivity index (χ4n) is 1.63. The molecular weight excluding hydrogens is 316 g/mol. The minimum atomic E-state index is -1.07. The molecule has 3 rings (SSSR count). The Balaban J connectivity index is 0.000000229. The Morgan fingerprint density at radius 2 is 1.87 bits per heavy atom. The van der Waals surface area contributed by atoms with Gasteiger partial charge in [0, 0.05) is 23.0 Å². The van der Waals surface area contributed by atoms with Crippen molar-refractivity contribution in [2.75, 3.05) is 5.73 Å². The average molecular weight is 329 g/mol. The molecule has 2 heterocycles. The number of carbonyl (C=O) groups is 1. The van der Waals surface area contributed by atoms with E-state index in [9.17, 15) is 4.79 Å². The van der Waals surface area contributed by atoms with Gasteiger partial charge < -0.3 is 10.8 Å². The minimum absolute atomic E-state index is 0.0278. The Morgan fingerprint density at radius 3 is 2.39 bits per heavy atom. The van der Waals surface area contributed by atoms with Gasteiger partial charge in [-0.2, -0.15) is 0 Å². The van der Waals surface area contributed by atoms with Crippen LogP contribution in [0, 0.1) is 0 Å². The van der Waals surface area contributed by atoms with Crippen LogP contribution in [0.25, 0.3) is 11.3 Å². The number of anilines is 1. The fraction of sp³-hybridized carbons (Fsp3) is 0. The second-order valence-electron chi connectivity index (χ2n) is 4.39. The highest BCUT2D eigenvalue weighted by atomic mass is 35.5. The third-order valence-corrected chi connectivity index (χ3v) is 2.96. The van der Waals surface area contributed by atoms with Crippen molar-refractivity contribution in [2.24, 2.45) is 0 Å². The maximum absolute atomic E-state index is 10.7. The molecule has 23 heavy (non-hydrogen) atoms. The quantitative estimate of drug-likeness (QED) is 0.749. The van der Waals surface area contributed by atoms with E-state index in [-0.39, 0.29) is 5.69 Å². The van der Waals surface area contributed by atoms with E-state index in [0.29, 0.717) is 16.4 Å². The van der Waals surface area contributed by atoms with E-state index < -0.39 is 5.97 Å². The van der Waals surface area contributed by atoms with Crippen LogP contribution in [0.15, 0.2) is 61.2 Å². The lowest BCUT2D eigenvalue weighted by atomic mass is 10.1. The van der Waals surface area contributed by atoms with Crippen molar-refractivity contribution in [1.82, 2.24) is 15.0 Å². The van der Waals surface area contributed by atoms with Crippen LogP contribution >= 0.6 is 11.6 Å². The Hall–Kier alpha value is -2.99. The fourth-order valence-corrected chi connectivity index (χ4v) is 1.75. The lowest BCUT2D eigenvalue weighted by Gasteiger charge is -2.01. The number of nitrogens with two attached hydrogens (primary N) is 1. The summed E-state index contributed by atoms with van der Waals surface area (Å²) < 4.78 is 0. The second kappa shape index (κ2) is 7.86. The van der Waals surface area contributed by atoms with Crippen LogP contribution < -0.4 is 5.73 Å². The van der Waals surface area contributed by atoms with E-state index in [1.54, 1.807) is 48.8 Å². The molecule has 0 fully saturated rings.